The molecule has 2 heterocycles. The summed E-state index contributed by atoms with van der Waals surface area (Å²) in [6, 6.07) is 13.4. The number of piperidine rings is 1. The Hall–Kier alpha value is -1.87. The zero-order valence-corrected chi connectivity index (χ0v) is 12.6. The van der Waals surface area contributed by atoms with E-state index in [4.69, 9.17) is 0 Å². The number of para-hydroxylation sites is 1. The molecule has 3 heteroatoms. The summed E-state index contributed by atoms with van der Waals surface area (Å²) >= 11 is 0. The van der Waals surface area contributed by atoms with Crippen LogP contribution < -0.4 is 10.2 Å². The van der Waals surface area contributed by atoms with E-state index in [9.17, 15) is 0 Å². The highest BCUT2D eigenvalue weighted by atomic mass is 15.1. The van der Waals surface area contributed by atoms with Crippen molar-refractivity contribution in [3.63, 3.8) is 0 Å². The summed E-state index contributed by atoms with van der Waals surface area (Å²) in [7, 11) is 0. The fraction of sp³-hybridized carbons (Fsp3) is 0.389. The quantitative estimate of drug-likeness (QED) is 0.933. The molecule has 1 aliphatic heterocycles. The second-order valence-corrected chi connectivity index (χ2v) is 5.78. The average molecular weight is 281 g/mol. The minimum Gasteiger partial charge on any atom is -0.371 e. The topological polar surface area (TPSA) is 28.2 Å². The molecule has 21 heavy (non-hydrogen) atoms. The van der Waals surface area contributed by atoms with Crippen molar-refractivity contribution in [2.45, 2.75) is 32.4 Å². The van der Waals surface area contributed by atoms with E-state index in [-0.39, 0.29) is 0 Å². The summed E-state index contributed by atoms with van der Waals surface area (Å²) in [5.41, 5.74) is 3.97. The van der Waals surface area contributed by atoms with Crippen molar-refractivity contribution in [3.05, 3.63) is 59.9 Å². The molecule has 0 amide bonds. The van der Waals surface area contributed by atoms with E-state index in [0.29, 0.717) is 6.04 Å². The van der Waals surface area contributed by atoms with Crippen molar-refractivity contribution >= 4 is 5.69 Å². The van der Waals surface area contributed by atoms with Gasteiger partial charge in [-0.3, -0.25) is 4.98 Å². The van der Waals surface area contributed by atoms with Crippen LogP contribution in [0.15, 0.2) is 48.8 Å². The number of pyridine rings is 1. The molecule has 0 saturated carbocycles. The van der Waals surface area contributed by atoms with E-state index in [1.54, 1.807) is 0 Å². The van der Waals surface area contributed by atoms with Gasteiger partial charge in [0.05, 0.1) is 0 Å². The van der Waals surface area contributed by atoms with Crippen molar-refractivity contribution in [1.29, 1.82) is 0 Å². The maximum Gasteiger partial charge on any atom is 0.0366 e. The number of nitrogens with one attached hydrogen (secondary N) is 1. The lowest BCUT2D eigenvalue weighted by molar-refractivity contribution is 0.413. The van der Waals surface area contributed by atoms with Crippen LogP contribution in [0.25, 0.3) is 0 Å². The third-order valence-electron chi connectivity index (χ3n) is 4.34. The van der Waals surface area contributed by atoms with Gasteiger partial charge in [-0.15, -0.1) is 0 Å². The summed E-state index contributed by atoms with van der Waals surface area (Å²) < 4.78 is 0. The standard InChI is InChI=1S/C18H23N3/c1-15-7-10-19-13-16(15)14-20-17-8-11-21(12-9-17)18-5-3-2-4-6-18/h2-7,10,13,17,20H,8-9,11-12,14H2,1H3. The Morgan fingerprint density at radius 1 is 1.14 bits per heavy atom. The van der Waals surface area contributed by atoms with Gasteiger partial charge in [0.2, 0.25) is 0 Å². The molecule has 0 spiro atoms. The predicted octanol–water partition coefficient (Wildman–Crippen LogP) is 3.15. The van der Waals surface area contributed by atoms with Crippen molar-refractivity contribution in [1.82, 2.24) is 10.3 Å². The molecule has 0 unspecified atom stereocenters. The second kappa shape index (κ2) is 6.72. The molecule has 1 aromatic heterocycles. The molecule has 1 N–H and O–H groups in total. The van der Waals surface area contributed by atoms with Gasteiger partial charge in [-0.1, -0.05) is 18.2 Å². The van der Waals surface area contributed by atoms with Gasteiger partial charge in [0.15, 0.2) is 0 Å². The van der Waals surface area contributed by atoms with Crippen LogP contribution in [0.5, 0.6) is 0 Å². The molecule has 1 fully saturated rings. The first-order valence-electron chi connectivity index (χ1n) is 7.76. The number of benzene rings is 1. The van der Waals surface area contributed by atoms with Gasteiger partial charge in [-0.25, -0.2) is 0 Å². The Labute approximate surface area is 127 Å². The SMILES string of the molecule is Cc1ccncc1CNC1CCN(c2ccccc2)CC1. The van der Waals surface area contributed by atoms with Crippen LogP contribution in [0.3, 0.4) is 0 Å². The summed E-state index contributed by atoms with van der Waals surface area (Å²) in [4.78, 5) is 6.69. The Morgan fingerprint density at radius 2 is 1.90 bits per heavy atom. The molecule has 0 radical (unpaired) electrons. The van der Waals surface area contributed by atoms with E-state index in [2.05, 4.69) is 58.5 Å². The van der Waals surface area contributed by atoms with Crippen LogP contribution in [-0.4, -0.2) is 24.1 Å². The van der Waals surface area contributed by atoms with Gasteiger partial charge in [0, 0.05) is 43.8 Å². The lowest BCUT2D eigenvalue weighted by Crippen LogP contribution is -2.42. The fourth-order valence-electron chi connectivity index (χ4n) is 2.92. The Kier molecular flexibility index (Phi) is 4.51. The van der Waals surface area contributed by atoms with Crippen molar-refractivity contribution in [2.24, 2.45) is 0 Å². The molecular formula is C18H23N3. The maximum atomic E-state index is 4.21. The number of nitrogens with zero attached hydrogens (tertiary/aromatic N) is 2. The zero-order chi connectivity index (χ0) is 14.5. The smallest absolute Gasteiger partial charge is 0.0366 e. The Balaban J connectivity index is 1.49. The summed E-state index contributed by atoms with van der Waals surface area (Å²) in [6.07, 6.45) is 6.24. The fourth-order valence-corrected chi connectivity index (χ4v) is 2.92. The number of anilines is 1. The van der Waals surface area contributed by atoms with Gasteiger partial charge in [-0.05, 0) is 49.1 Å². The molecule has 3 nitrogen and oxygen atoms in total. The third-order valence-corrected chi connectivity index (χ3v) is 4.34. The number of aryl methyl sites for hydroxylation is 1. The molecule has 110 valence electrons. The molecule has 1 saturated heterocycles. The minimum atomic E-state index is 0.615. The van der Waals surface area contributed by atoms with Gasteiger partial charge >= 0.3 is 0 Å². The summed E-state index contributed by atoms with van der Waals surface area (Å²) in [5.74, 6) is 0. The van der Waals surface area contributed by atoms with Gasteiger partial charge < -0.3 is 10.2 Å². The van der Waals surface area contributed by atoms with E-state index < -0.39 is 0 Å². The molecule has 2 aromatic rings. The first-order valence-corrected chi connectivity index (χ1v) is 7.76. The van der Waals surface area contributed by atoms with E-state index in [0.717, 1.165) is 19.6 Å². The summed E-state index contributed by atoms with van der Waals surface area (Å²) in [6.45, 7) is 5.34. The van der Waals surface area contributed by atoms with E-state index in [1.165, 1.54) is 29.7 Å². The van der Waals surface area contributed by atoms with Gasteiger partial charge in [0.1, 0.15) is 0 Å². The molecule has 0 atom stereocenters. The highest BCUT2D eigenvalue weighted by Crippen LogP contribution is 2.19. The van der Waals surface area contributed by atoms with Crippen LogP contribution in [0.4, 0.5) is 5.69 Å². The largest absolute Gasteiger partial charge is 0.371 e. The highest BCUT2D eigenvalue weighted by Gasteiger charge is 2.18. The first-order chi connectivity index (χ1) is 10.3. The zero-order valence-electron chi connectivity index (χ0n) is 12.6. The Morgan fingerprint density at radius 3 is 2.62 bits per heavy atom. The normalized spacial score (nSPS) is 16.1. The Bertz CT molecular complexity index is 560. The molecule has 0 aliphatic carbocycles. The van der Waals surface area contributed by atoms with Crippen LogP contribution in [-0.2, 0) is 6.54 Å². The van der Waals surface area contributed by atoms with Crippen LogP contribution in [0.2, 0.25) is 0 Å². The van der Waals surface area contributed by atoms with Crippen LogP contribution in [0.1, 0.15) is 24.0 Å². The van der Waals surface area contributed by atoms with Gasteiger partial charge in [0.25, 0.3) is 0 Å². The molecule has 1 aliphatic rings. The predicted molar refractivity (Wildman–Crippen MR) is 87.5 cm³/mol. The van der Waals surface area contributed by atoms with E-state index >= 15 is 0 Å². The lowest BCUT2D eigenvalue weighted by atomic mass is 10.0. The lowest BCUT2D eigenvalue weighted by Gasteiger charge is -2.34. The number of hydrogen-bond donors (Lipinski definition) is 1. The third kappa shape index (κ3) is 3.61. The number of aromatic nitrogens is 1. The van der Waals surface area contributed by atoms with Crippen LogP contribution >= 0.6 is 0 Å². The number of hydrogen-bond acceptors (Lipinski definition) is 3. The summed E-state index contributed by atoms with van der Waals surface area (Å²) in [5, 5.41) is 3.68. The monoisotopic (exact) mass is 281 g/mol. The number of rotatable bonds is 4. The highest BCUT2D eigenvalue weighted by molar-refractivity contribution is 5.46. The molecule has 0 bridgehead atoms. The van der Waals surface area contributed by atoms with Crippen LogP contribution in [0, 0.1) is 6.92 Å². The molecular weight excluding hydrogens is 258 g/mol. The molecule has 3 rings (SSSR count). The maximum absolute atomic E-state index is 4.21. The second-order valence-electron chi connectivity index (χ2n) is 5.78. The van der Waals surface area contributed by atoms with Crippen molar-refractivity contribution in [2.75, 3.05) is 18.0 Å². The average Bonchev–Trinajstić information content (AvgIpc) is 2.55. The van der Waals surface area contributed by atoms with E-state index in [1.807, 2.05) is 12.4 Å². The van der Waals surface area contributed by atoms with Gasteiger partial charge in [-0.2, -0.15) is 0 Å². The van der Waals surface area contributed by atoms with Crippen molar-refractivity contribution in [3.8, 4) is 0 Å². The minimum absolute atomic E-state index is 0.615. The molecule has 1 aromatic carbocycles. The van der Waals surface area contributed by atoms with Crippen molar-refractivity contribution < 1.29 is 0 Å². The first kappa shape index (κ1) is 14.1.